The molecule has 5 rings (SSSR count). The molecule has 1 saturated carbocycles. The van der Waals surface area contributed by atoms with E-state index in [9.17, 15) is 10.2 Å². The molecule has 5 aliphatic carbocycles. The molecule has 5 unspecified atom stereocenters. The molecule has 0 radical (unpaired) electrons. The molecular weight excluding hydrogens is 296 g/mol. The van der Waals surface area contributed by atoms with Crippen LogP contribution in [0.2, 0.25) is 0 Å². The predicted molar refractivity (Wildman–Crippen MR) is 95.3 cm³/mol. The van der Waals surface area contributed by atoms with Crippen LogP contribution >= 0.6 is 0 Å². The monoisotopic (exact) mass is 324 g/mol. The smallest absolute Gasteiger partial charge is 0.0836 e. The highest BCUT2D eigenvalue weighted by molar-refractivity contribution is 5.57. The van der Waals surface area contributed by atoms with Crippen LogP contribution in [-0.4, -0.2) is 22.4 Å². The van der Waals surface area contributed by atoms with Gasteiger partial charge < -0.3 is 10.2 Å². The van der Waals surface area contributed by atoms with Crippen molar-refractivity contribution in [3.63, 3.8) is 0 Å². The summed E-state index contributed by atoms with van der Waals surface area (Å²) >= 11 is 0. The summed E-state index contributed by atoms with van der Waals surface area (Å²) in [6.07, 6.45) is 16.6. The number of aliphatic hydroxyl groups is 2. The Hall–Kier alpha value is -1.12. The Morgan fingerprint density at radius 1 is 0.875 bits per heavy atom. The molecule has 0 saturated heterocycles. The van der Waals surface area contributed by atoms with E-state index in [1.807, 2.05) is 0 Å². The van der Waals surface area contributed by atoms with Crippen molar-refractivity contribution in [3.8, 4) is 0 Å². The van der Waals surface area contributed by atoms with Gasteiger partial charge in [-0.3, -0.25) is 0 Å². The van der Waals surface area contributed by atoms with E-state index in [-0.39, 0.29) is 0 Å². The average molecular weight is 324 g/mol. The lowest BCUT2D eigenvalue weighted by Gasteiger charge is -2.44. The predicted octanol–water partition coefficient (Wildman–Crippen LogP) is 4.21. The van der Waals surface area contributed by atoms with Gasteiger partial charge in [-0.05, 0) is 86.3 Å². The van der Waals surface area contributed by atoms with E-state index in [1.165, 1.54) is 56.1 Å². The van der Waals surface area contributed by atoms with E-state index in [0.29, 0.717) is 18.3 Å². The van der Waals surface area contributed by atoms with Crippen LogP contribution in [0.5, 0.6) is 0 Å². The molecule has 0 aromatic rings. The van der Waals surface area contributed by atoms with Crippen molar-refractivity contribution in [2.45, 2.75) is 70.0 Å². The molecule has 2 N–H and O–H groups in total. The second-order valence-corrected chi connectivity index (χ2v) is 8.48. The number of rotatable bonds is 0. The van der Waals surface area contributed by atoms with Crippen molar-refractivity contribution in [1.29, 1.82) is 0 Å². The SMILES string of the molecule is OC1CC2=C3C=CC4=C(CCC5CCCC=C45)C3CCC2CC1O. The van der Waals surface area contributed by atoms with Gasteiger partial charge in [-0.2, -0.15) is 0 Å². The number of fused-ring (bicyclic) bond motifs is 5. The van der Waals surface area contributed by atoms with Gasteiger partial charge in [0.15, 0.2) is 0 Å². The number of hydrogen-bond acceptors (Lipinski definition) is 2. The van der Waals surface area contributed by atoms with E-state index in [2.05, 4.69) is 18.2 Å². The fourth-order valence-corrected chi connectivity index (χ4v) is 6.06. The molecule has 0 aromatic heterocycles. The van der Waals surface area contributed by atoms with Crippen molar-refractivity contribution in [3.05, 3.63) is 46.1 Å². The summed E-state index contributed by atoms with van der Waals surface area (Å²) in [4.78, 5) is 0. The Kier molecular flexibility index (Phi) is 3.61. The molecule has 2 heteroatoms. The summed E-state index contributed by atoms with van der Waals surface area (Å²) < 4.78 is 0. The first-order valence-electron chi connectivity index (χ1n) is 9.93. The van der Waals surface area contributed by atoms with Gasteiger partial charge in [0.25, 0.3) is 0 Å². The Bertz CT molecular complexity index is 678. The van der Waals surface area contributed by atoms with Crippen LogP contribution in [0, 0.1) is 17.8 Å². The third kappa shape index (κ3) is 2.23. The quantitative estimate of drug-likeness (QED) is 0.701. The minimum atomic E-state index is -0.567. The van der Waals surface area contributed by atoms with Crippen molar-refractivity contribution < 1.29 is 10.2 Å². The molecule has 0 heterocycles. The Balaban J connectivity index is 1.54. The lowest BCUT2D eigenvalue weighted by Crippen LogP contribution is -2.38. The summed E-state index contributed by atoms with van der Waals surface area (Å²) in [6, 6.07) is 0. The minimum absolute atomic E-state index is 0.492. The summed E-state index contributed by atoms with van der Waals surface area (Å²) in [5, 5.41) is 20.2. The third-order valence-electron chi connectivity index (χ3n) is 7.27. The maximum atomic E-state index is 10.2. The zero-order chi connectivity index (χ0) is 16.3. The Morgan fingerprint density at radius 3 is 2.71 bits per heavy atom. The van der Waals surface area contributed by atoms with Gasteiger partial charge >= 0.3 is 0 Å². The van der Waals surface area contributed by atoms with Crippen LogP contribution in [0.25, 0.3) is 0 Å². The van der Waals surface area contributed by atoms with Crippen LogP contribution in [0.3, 0.4) is 0 Å². The fraction of sp³-hybridized carbons (Fsp3) is 0.636. The molecule has 0 aliphatic heterocycles. The molecule has 1 fully saturated rings. The van der Waals surface area contributed by atoms with E-state index in [1.54, 1.807) is 16.7 Å². The highest BCUT2D eigenvalue weighted by atomic mass is 16.3. The largest absolute Gasteiger partial charge is 0.390 e. The Labute approximate surface area is 144 Å². The van der Waals surface area contributed by atoms with Gasteiger partial charge in [-0.1, -0.05) is 29.4 Å². The van der Waals surface area contributed by atoms with Crippen molar-refractivity contribution in [2.24, 2.45) is 17.8 Å². The van der Waals surface area contributed by atoms with Crippen molar-refractivity contribution in [1.82, 2.24) is 0 Å². The first-order chi connectivity index (χ1) is 11.7. The van der Waals surface area contributed by atoms with E-state index >= 15 is 0 Å². The second kappa shape index (κ2) is 5.71. The Morgan fingerprint density at radius 2 is 1.79 bits per heavy atom. The number of allylic oxidation sites excluding steroid dienone is 7. The zero-order valence-electron chi connectivity index (χ0n) is 14.4. The normalized spacial score (nSPS) is 41.2. The molecule has 2 nitrogen and oxygen atoms in total. The van der Waals surface area contributed by atoms with Gasteiger partial charge in [0.2, 0.25) is 0 Å². The lowest BCUT2D eigenvalue weighted by molar-refractivity contribution is -0.0113. The van der Waals surface area contributed by atoms with Gasteiger partial charge in [-0.25, -0.2) is 0 Å². The topological polar surface area (TPSA) is 40.5 Å². The molecule has 5 atom stereocenters. The lowest BCUT2D eigenvalue weighted by atomic mass is 9.62. The van der Waals surface area contributed by atoms with E-state index in [4.69, 9.17) is 0 Å². The van der Waals surface area contributed by atoms with Crippen LogP contribution in [0.15, 0.2) is 46.1 Å². The summed E-state index contributed by atoms with van der Waals surface area (Å²) in [5.74, 6) is 1.88. The molecule has 5 aliphatic rings. The standard InChI is InChI=1S/C22H28O2/c23-21-11-14-6-8-18-17-7-5-13-3-1-2-4-15(13)16(17)9-10-19(18)20(14)12-22(21)24/h4,9-10,13-14,18,21-24H,1-3,5-8,11-12H2. The van der Waals surface area contributed by atoms with Crippen molar-refractivity contribution >= 4 is 0 Å². The van der Waals surface area contributed by atoms with E-state index in [0.717, 1.165) is 12.3 Å². The van der Waals surface area contributed by atoms with Gasteiger partial charge in [-0.15, -0.1) is 0 Å². The maximum Gasteiger partial charge on any atom is 0.0836 e. The van der Waals surface area contributed by atoms with Gasteiger partial charge in [0, 0.05) is 5.92 Å². The van der Waals surface area contributed by atoms with Crippen LogP contribution in [0.4, 0.5) is 0 Å². The molecule has 24 heavy (non-hydrogen) atoms. The molecule has 0 spiro atoms. The fourth-order valence-electron chi connectivity index (χ4n) is 6.06. The van der Waals surface area contributed by atoms with Crippen LogP contribution in [0.1, 0.15) is 57.8 Å². The van der Waals surface area contributed by atoms with E-state index < -0.39 is 12.2 Å². The van der Waals surface area contributed by atoms with Gasteiger partial charge in [0.1, 0.15) is 0 Å². The molecule has 128 valence electrons. The molecule has 0 bridgehead atoms. The first-order valence-corrected chi connectivity index (χ1v) is 9.93. The second-order valence-electron chi connectivity index (χ2n) is 8.48. The third-order valence-corrected chi connectivity index (χ3v) is 7.27. The molecular formula is C22H28O2. The number of hydrogen-bond donors (Lipinski definition) is 2. The highest BCUT2D eigenvalue weighted by Crippen LogP contribution is 2.52. The summed E-state index contributed by atoms with van der Waals surface area (Å²) in [6.45, 7) is 0. The minimum Gasteiger partial charge on any atom is -0.390 e. The summed E-state index contributed by atoms with van der Waals surface area (Å²) in [7, 11) is 0. The maximum absolute atomic E-state index is 10.2. The van der Waals surface area contributed by atoms with Crippen LogP contribution in [-0.2, 0) is 0 Å². The average Bonchev–Trinajstić information content (AvgIpc) is 2.62. The molecule has 0 amide bonds. The highest BCUT2D eigenvalue weighted by Gasteiger charge is 2.40. The number of aliphatic hydroxyl groups excluding tert-OH is 2. The van der Waals surface area contributed by atoms with Gasteiger partial charge in [0.05, 0.1) is 12.2 Å². The zero-order valence-corrected chi connectivity index (χ0v) is 14.4. The summed E-state index contributed by atoms with van der Waals surface area (Å²) in [5.41, 5.74) is 7.83. The van der Waals surface area contributed by atoms with Crippen LogP contribution < -0.4 is 0 Å². The van der Waals surface area contributed by atoms with Crippen molar-refractivity contribution in [2.75, 3.05) is 0 Å². The first kappa shape index (κ1) is 15.2. The molecule has 0 aromatic carbocycles.